The maximum absolute atomic E-state index is 5.11. The molecular formula is C24H28N6. The van der Waals surface area contributed by atoms with Crippen molar-refractivity contribution in [2.75, 3.05) is 7.05 Å². The fourth-order valence-corrected chi connectivity index (χ4v) is 4.84. The summed E-state index contributed by atoms with van der Waals surface area (Å²) in [5, 5.41) is 4.38. The van der Waals surface area contributed by atoms with Crippen LogP contribution in [0.5, 0.6) is 0 Å². The molecule has 0 aliphatic carbocycles. The first kappa shape index (κ1) is 19.0. The fraction of sp³-hybridized carbons (Fsp3) is 0.375. The third-order valence-electron chi connectivity index (χ3n) is 6.40. The minimum Gasteiger partial charge on any atom is -0.325 e. The smallest absolute Gasteiger partial charge is 0.127 e. The topological polar surface area (TPSA) is 51.8 Å². The van der Waals surface area contributed by atoms with E-state index in [-0.39, 0.29) is 6.04 Å². The molecule has 1 aromatic carbocycles. The summed E-state index contributed by atoms with van der Waals surface area (Å²) in [5.74, 6) is 1.16. The van der Waals surface area contributed by atoms with Gasteiger partial charge in [-0.15, -0.1) is 0 Å². The van der Waals surface area contributed by atoms with Gasteiger partial charge in [-0.25, -0.2) is 4.98 Å². The predicted molar refractivity (Wildman–Crippen MR) is 118 cm³/mol. The largest absolute Gasteiger partial charge is 0.325 e. The van der Waals surface area contributed by atoms with Crippen molar-refractivity contribution in [1.82, 2.24) is 29.2 Å². The Morgan fingerprint density at radius 1 is 0.967 bits per heavy atom. The monoisotopic (exact) mass is 400 g/mol. The minimum absolute atomic E-state index is 0.273. The van der Waals surface area contributed by atoms with Crippen molar-refractivity contribution >= 4 is 11.0 Å². The van der Waals surface area contributed by atoms with Crippen LogP contribution in [0.25, 0.3) is 11.0 Å². The SMILES string of the molecule is Cc1cccnc1[C@@H]1CCC[C@H](c2nc3ccccc3n2CCn2cccn2)N1C. The molecule has 3 aromatic heterocycles. The Balaban J connectivity index is 1.51. The molecule has 4 heterocycles. The number of hydrogen-bond donors (Lipinski definition) is 0. The van der Waals surface area contributed by atoms with Gasteiger partial charge in [-0.05, 0) is 63.1 Å². The highest BCUT2D eigenvalue weighted by Crippen LogP contribution is 2.40. The van der Waals surface area contributed by atoms with Gasteiger partial charge in [-0.1, -0.05) is 18.2 Å². The summed E-state index contributed by atoms with van der Waals surface area (Å²) < 4.78 is 4.38. The summed E-state index contributed by atoms with van der Waals surface area (Å²) in [7, 11) is 2.24. The van der Waals surface area contributed by atoms with Crippen molar-refractivity contribution in [1.29, 1.82) is 0 Å². The van der Waals surface area contributed by atoms with Crippen molar-refractivity contribution in [2.24, 2.45) is 0 Å². The van der Waals surface area contributed by atoms with Gasteiger partial charge in [0.05, 0.1) is 35.4 Å². The van der Waals surface area contributed by atoms with Gasteiger partial charge in [0.1, 0.15) is 5.82 Å². The van der Waals surface area contributed by atoms with Crippen LogP contribution in [0.15, 0.2) is 61.1 Å². The highest BCUT2D eigenvalue weighted by molar-refractivity contribution is 5.76. The van der Waals surface area contributed by atoms with Crippen LogP contribution in [0.4, 0.5) is 0 Å². The number of nitrogens with zero attached hydrogens (tertiary/aromatic N) is 6. The lowest BCUT2D eigenvalue weighted by atomic mass is 9.92. The summed E-state index contributed by atoms with van der Waals surface area (Å²) in [6.45, 7) is 3.85. The highest BCUT2D eigenvalue weighted by Gasteiger charge is 2.34. The number of benzene rings is 1. The molecule has 0 amide bonds. The van der Waals surface area contributed by atoms with Crippen LogP contribution in [-0.2, 0) is 13.1 Å². The van der Waals surface area contributed by atoms with E-state index in [1.807, 2.05) is 35.4 Å². The normalized spacial score (nSPS) is 20.1. The maximum Gasteiger partial charge on any atom is 0.127 e. The first-order chi connectivity index (χ1) is 14.7. The zero-order chi connectivity index (χ0) is 20.5. The van der Waals surface area contributed by atoms with E-state index < -0.39 is 0 Å². The van der Waals surface area contributed by atoms with Crippen molar-refractivity contribution in [3.8, 4) is 0 Å². The summed E-state index contributed by atoms with van der Waals surface area (Å²) in [4.78, 5) is 12.3. The van der Waals surface area contributed by atoms with Crippen LogP contribution < -0.4 is 0 Å². The molecule has 0 radical (unpaired) electrons. The summed E-state index contributed by atoms with van der Waals surface area (Å²) in [5.41, 5.74) is 4.73. The van der Waals surface area contributed by atoms with Gasteiger partial charge in [0.2, 0.25) is 0 Å². The van der Waals surface area contributed by atoms with Crippen molar-refractivity contribution < 1.29 is 0 Å². The molecule has 0 bridgehead atoms. The fourth-order valence-electron chi connectivity index (χ4n) is 4.84. The molecule has 0 unspecified atom stereocenters. The number of fused-ring (bicyclic) bond motifs is 1. The van der Waals surface area contributed by atoms with E-state index in [1.54, 1.807) is 0 Å². The number of rotatable bonds is 5. The average Bonchev–Trinajstić information content (AvgIpc) is 3.41. The van der Waals surface area contributed by atoms with Gasteiger partial charge < -0.3 is 4.57 Å². The molecular weight excluding hydrogens is 372 g/mol. The second-order valence-corrected chi connectivity index (χ2v) is 8.21. The number of hydrogen-bond acceptors (Lipinski definition) is 4. The van der Waals surface area contributed by atoms with Crippen LogP contribution in [0.2, 0.25) is 0 Å². The second-order valence-electron chi connectivity index (χ2n) is 8.21. The number of likely N-dealkylation sites (tertiary alicyclic amines) is 1. The number of para-hydroxylation sites is 2. The number of aryl methyl sites for hydroxylation is 3. The number of pyridine rings is 1. The van der Waals surface area contributed by atoms with E-state index in [2.05, 4.69) is 58.9 Å². The first-order valence-electron chi connectivity index (χ1n) is 10.8. The Kier molecular flexibility index (Phi) is 5.09. The van der Waals surface area contributed by atoms with Crippen molar-refractivity contribution in [3.63, 3.8) is 0 Å². The number of aromatic nitrogens is 5. The van der Waals surface area contributed by atoms with Crippen molar-refractivity contribution in [3.05, 3.63) is 78.1 Å². The van der Waals surface area contributed by atoms with Gasteiger partial charge in [0, 0.05) is 25.1 Å². The first-order valence-corrected chi connectivity index (χ1v) is 10.8. The molecule has 4 aromatic rings. The molecule has 1 saturated heterocycles. The molecule has 6 nitrogen and oxygen atoms in total. The van der Waals surface area contributed by atoms with Gasteiger partial charge in [-0.2, -0.15) is 5.10 Å². The summed E-state index contributed by atoms with van der Waals surface area (Å²) in [6.07, 6.45) is 9.20. The van der Waals surface area contributed by atoms with Gasteiger partial charge in [0.15, 0.2) is 0 Å². The Hall–Kier alpha value is -2.99. The lowest BCUT2D eigenvalue weighted by Gasteiger charge is -2.39. The van der Waals surface area contributed by atoms with Crippen molar-refractivity contribution in [2.45, 2.75) is 51.4 Å². The molecule has 1 aliphatic rings. The van der Waals surface area contributed by atoms with Crippen LogP contribution in [-0.4, -0.2) is 36.3 Å². The molecule has 0 saturated carbocycles. The van der Waals surface area contributed by atoms with E-state index in [9.17, 15) is 0 Å². The lowest BCUT2D eigenvalue weighted by molar-refractivity contribution is 0.103. The Morgan fingerprint density at radius 3 is 2.67 bits per heavy atom. The molecule has 30 heavy (non-hydrogen) atoms. The quantitative estimate of drug-likeness (QED) is 0.494. The van der Waals surface area contributed by atoms with Crippen LogP contribution in [0.1, 0.15) is 48.4 Å². The minimum atomic E-state index is 0.273. The van der Waals surface area contributed by atoms with E-state index in [1.165, 1.54) is 23.2 Å². The molecule has 1 fully saturated rings. The summed E-state index contributed by atoms with van der Waals surface area (Å²) in [6, 6.07) is 15.2. The van der Waals surface area contributed by atoms with Gasteiger partial charge >= 0.3 is 0 Å². The van der Waals surface area contributed by atoms with Crippen LogP contribution in [0, 0.1) is 6.92 Å². The highest BCUT2D eigenvalue weighted by atomic mass is 15.3. The third-order valence-corrected chi connectivity index (χ3v) is 6.40. The molecule has 5 rings (SSSR count). The van der Waals surface area contributed by atoms with Gasteiger partial charge in [0.25, 0.3) is 0 Å². The number of imidazole rings is 1. The molecule has 0 spiro atoms. The van der Waals surface area contributed by atoms with Gasteiger partial charge in [-0.3, -0.25) is 14.6 Å². The Bertz CT molecular complexity index is 1130. The lowest BCUT2D eigenvalue weighted by Crippen LogP contribution is -2.35. The third kappa shape index (κ3) is 3.41. The zero-order valence-electron chi connectivity index (χ0n) is 17.6. The van der Waals surface area contributed by atoms with E-state index in [0.29, 0.717) is 6.04 Å². The zero-order valence-corrected chi connectivity index (χ0v) is 17.6. The van der Waals surface area contributed by atoms with Crippen LogP contribution in [0.3, 0.4) is 0 Å². The van der Waals surface area contributed by atoms with Crippen LogP contribution >= 0.6 is 0 Å². The van der Waals surface area contributed by atoms with E-state index in [4.69, 9.17) is 9.97 Å². The molecule has 1 aliphatic heterocycles. The van der Waals surface area contributed by atoms with E-state index in [0.717, 1.165) is 37.3 Å². The molecule has 0 N–H and O–H groups in total. The Morgan fingerprint density at radius 2 is 1.83 bits per heavy atom. The average molecular weight is 401 g/mol. The standard InChI is InChI=1S/C24H28N6/c1-18-8-6-13-25-23(18)21-11-5-12-22(28(21)2)24-27-19-9-3-4-10-20(19)30(24)17-16-29-15-7-14-26-29/h3-4,6-10,13-15,21-22H,5,11-12,16-17H2,1-2H3/t21-,22+/m0/s1. The molecule has 154 valence electrons. The number of piperidine rings is 1. The summed E-state index contributed by atoms with van der Waals surface area (Å²) >= 11 is 0. The predicted octanol–water partition coefficient (Wildman–Crippen LogP) is 4.53. The second kappa shape index (κ2) is 8.03. The Labute approximate surface area is 177 Å². The molecule has 6 heteroatoms. The molecule has 2 atom stereocenters. The maximum atomic E-state index is 5.11. The van der Waals surface area contributed by atoms with E-state index >= 15 is 0 Å².